The number of rotatable bonds is 3. The van der Waals surface area contributed by atoms with Crippen molar-refractivity contribution in [3.8, 4) is 11.8 Å². The maximum absolute atomic E-state index is 12.4. The number of hydrogen-bond donors (Lipinski definition) is 0. The number of allylic oxidation sites excluding steroid dienone is 2. The van der Waals surface area contributed by atoms with Gasteiger partial charge in [0.25, 0.3) is 0 Å². The number of benzene rings is 3. The van der Waals surface area contributed by atoms with Crippen LogP contribution in [0.15, 0.2) is 60.2 Å². The molecule has 168 valence electrons. The molecule has 1 heterocycles. The highest BCUT2D eigenvalue weighted by Crippen LogP contribution is 2.53. The molecule has 5 heteroatoms. The standard InChI is InChI=1S/C29H26N4O/c1-17-12-25(22(16-34)14-28(17)33-27-9-7-6-8-26(27)31-32-33)29(5)19(3)18(2)23-11-10-21(15-30)13-24(23)20(29)4/h6-14,16,20H,1-5H3. The Hall–Kier alpha value is -4.04. The normalized spacial score (nSPS) is 19.7. The van der Waals surface area contributed by atoms with Crippen molar-refractivity contribution in [3.63, 3.8) is 0 Å². The third kappa shape index (κ3) is 2.95. The summed E-state index contributed by atoms with van der Waals surface area (Å²) in [6.07, 6.45) is 0.944. The lowest BCUT2D eigenvalue weighted by atomic mass is 9.59. The van der Waals surface area contributed by atoms with Crippen molar-refractivity contribution >= 4 is 22.9 Å². The zero-order valence-corrected chi connectivity index (χ0v) is 20.0. The number of hydrogen-bond acceptors (Lipinski definition) is 4. The predicted octanol–water partition coefficient (Wildman–Crippen LogP) is 6.28. The predicted molar refractivity (Wildman–Crippen MR) is 134 cm³/mol. The Morgan fingerprint density at radius 2 is 1.85 bits per heavy atom. The second-order valence-electron chi connectivity index (χ2n) is 9.42. The van der Waals surface area contributed by atoms with Gasteiger partial charge in [0.15, 0.2) is 0 Å². The molecule has 4 aromatic rings. The van der Waals surface area contributed by atoms with Gasteiger partial charge in [-0.3, -0.25) is 4.79 Å². The molecule has 0 aliphatic heterocycles. The lowest BCUT2D eigenvalue weighted by molar-refractivity contribution is 0.112. The zero-order valence-electron chi connectivity index (χ0n) is 20.0. The fraction of sp³-hybridized carbons (Fsp3) is 0.241. The van der Waals surface area contributed by atoms with E-state index in [1.807, 2.05) is 55.5 Å². The van der Waals surface area contributed by atoms with Crippen molar-refractivity contribution in [1.29, 1.82) is 5.26 Å². The van der Waals surface area contributed by atoms with Crippen molar-refractivity contribution in [1.82, 2.24) is 15.0 Å². The first-order chi connectivity index (χ1) is 16.3. The molecule has 34 heavy (non-hydrogen) atoms. The van der Waals surface area contributed by atoms with Crippen LogP contribution in [0.4, 0.5) is 0 Å². The molecule has 0 spiro atoms. The highest BCUT2D eigenvalue weighted by molar-refractivity contribution is 5.84. The van der Waals surface area contributed by atoms with E-state index in [-0.39, 0.29) is 5.92 Å². The van der Waals surface area contributed by atoms with E-state index in [4.69, 9.17) is 0 Å². The van der Waals surface area contributed by atoms with Crippen molar-refractivity contribution in [2.45, 2.75) is 46.0 Å². The second-order valence-corrected chi connectivity index (χ2v) is 9.42. The summed E-state index contributed by atoms with van der Waals surface area (Å²) in [6, 6.07) is 20.1. The van der Waals surface area contributed by atoms with Crippen LogP contribution in [0.25, 0.3) is 22.3 Å². The van der Waals surface area contributed by atoms with Gasteiger partial charge in [0.05, 0.1) is 22.8 Å². The average molecular weight is 447 g/mol. The SMILES string of the molecule is CC1=C(C)C(C)(c2cc(C)c(-n3nnc4ccccc43)cc2C=O)C(C)c2cc(C#N)ccc21. The van der Waals surface area contributed by atoms with Gasteiger partial charge in [0.1, 0.15) is 11.8 Å². The molecule has 2 atom stereocenters. The number of fused-ring (bicyclic) bond motifs is 2. The van der Waals surface area contributed by atoms with Gasteiger partial charge in [-0.1, -0.05) is 48.9 Å². The van der Waals surface area contributed by atoms with E-state index in [9.17, 15) is 10.1 Å². The van der Waals surface area contributed by atoms with Gasteiger partial charge in [-0.05, 0) is 84.8 Å². The van der Waals surface area contributed by atoms with E-state index in [0.29, 0.717) is 11.1 Å². The summed E-state index contributed by atoms with van der Waals surface area (Å²) in [4.78, 5) is 12.4. The Kier molecular flexibility index (Phi) is 4.98. The molecule has 0 fully saturated rings. The lowest BCUT2D eigenvalue weighted by Gasteiger charge is -2.44. The van der Waals surface area contributed by atoms with E-state index in [1.165, 1.54) is 16.7 Å². The van der Waals surface area contributed by atoms with Gasteiger partial charge in [-0.25, -0.2) is 4.68 Å². The Balaban J connectivity index is 1.74. The van der Waals surface area contributed by atoms with Gasteiger partial charge < -0.3 is 0 Å². The molecular weight excluding hydrogens is 420 g/mol. The average Bonchev–Trinajstić information content (AvgIpc) is 3.29. The summed E-state index contributed by atoms with van der Waals surface area (Å²) in [7, 11) is 0. The van der Waals surface area contributed by atoms with E-state index in [2.05, 4.69) is 50.1 Å². The van der Waals surface area contributed by atoms with Crippen LogP contribution < -0.4 is 0 Å². The van der Waals surface area contributed by atoms with E-state index < -0.39 is 5.41 Å². The van der Waals surface area contributed by atoms with E-state index in [0.717, 1.165) is 39.7 Å². The first kappa shape index (κ1) is 21.8. The van der Waals surface area contributed by atoms with Crippen LogP contribution in [0.5, 0.6) is 0 Å². The molecule has 3 aromatic carbocycles. The number of nitriles is 1. The smallest absolute Gasteiger partial charge is 0.150 e. The minimum atomic E-state index is -0.408. The third-order valence-corrected chi connectivity index (χ3v) is 7.89. The van der Waals surface area contributed by atoms with Crippen LogP contribution in [0.3, 0.4) is 0 Å². The van der Waals surface area contributed by atoms with Crippen LogP contribution in [-0.2, 0) is 5.41 Å². The van der Waals surface area contributed by atoms with Crippen molar-refractivity contribution < 1.29 is 4.79 Å². The molecule has 0 amide bonds. The number of carbonyl (C=O) groups excluding carboxylic acids is 1. The summed E-state index contributed by atoms with van der Waals surface area (Å²) >= 11 is 0. The Morgan fingerprint density at radius 1 is 1.09 bits per heavy atom. The van der Waals surface area contributed by atoms with Crippen LogP contribution in [0.2, 0.25) is 0 Å². The molecule has 1 aliphatic carbocycles. The quantitative estimate of drug-likeness (QED) is 0.347. The first-order valence-corrected chi connectivity index (χ1v) is 11.4. The molecule has 0 radical (unpaired) electrons. The monoisotopic (exact) mass is 446 g/mol. The summed E-state index contributed by atoms with van der Waals surface area (Å²) < 4.78 is 1.80. The van der Waals surface area contributed by atoms with Gasteiger partial charge in [0.2, 0.25) is 0 Å². The topological polar surface area (TPSA) is 71.6 Å². The van der Waals surface area contributed by atoms with E-state index in [1.54, 1.807) is 4.68 Å². The Bertz CT molecular complexity index is 1550. The fourth-order valence-corrected chi connectivity index (χ4v) is 5.53. The van der Waals surface area contributed by atoms with Gasteiger partial charge in [-0.15, -0.1) is 5.10 Å². The number of aryl methyl sites for hydroxylation is 1. The van der Waals surface area contributed by atoms with Crippen LogP contribution in [0, 0.1) is 18.3 Å². The number of para-hydroxylation sites is 1. The molecule has 0 bridgehead atoms. The van der Waals surface area contributed by atoms with Crippen molar-refractivity contribution in [2.75, 3.05) is 0 Å². The van der Waals surface area contributed by atoms with Gasteiger partial charge in [-0.2, -0.15) is 5.26 Å². The Labute approximate surface area is 199 Å². The van der Waals surface area contributed by atoms with Crippen LogP contribution in [-0.4, -0.2) is 21.3 Å². The van der Waals surface area contributed by atoms with Crippen LogP contribution in [0.1, 0.15) is 71.8 Å². The molecule has 2 unspecified atom stereocenters. The lowest BCUT2D eigenvalue weighted by Crippen LogP contribution is -2.35. The molecule has 5 rings (SSSR count). The summed E-state index contributed by atoms with van der Waals surface area (Å²) in [5.41, 5.74) is 10.2. The van der Waals surface area contributed by atoms with Crippen LogP contribution >= 0.6 is 0 Å². The van der Waals surface area contributed by atoms with Gasteiger partial charge in [0, 0.05) is 11.0 Å². The highest BCUT2D eigenvalue weighted by Gasteiger charge is 2.42. The van der Waals surface area contributed by atoms with E-state index >= 15 is 0 Å². The van der Waals surface area contributed by atoms with Gasteiger partial charge >= 0.3 is 0 Å². The summed E-state index contributed by atoms with van der Waals surface area (Å²) in [6.45, 7) is 10.8. The molecule has 0 N–H and O–H groups in total. The maximum atomic E-state index is 12.4. The number of carbonyl (C=O) groups is 1. The fourth-order valence-electron chi connectivity index (χ4n) is 5.53. The maximum Gasteiger partial charge on any atom is 0.150 e. The number of aldehydes is 1. The van der Waals surface area contributed by atoms with Crippen molar-refractivity contribution in [2.24, 2.45) is 0 Å². The molecular formula is C29H26N4O. The molecule has 5 nitrogen and oxygen atoms in total. The third-order valence-electron chi connectivity index (χ3n) is 7.89. The second kappa shape index (κ2) is 7.78. The minimum Gasteiger partial charge on any atom is -0.298 e. The molecule has 1 aliphatic rings. The summed E-state index contributed by atoms with van der Waals surface area (Å²) in [5, 5.41) is 18.1. The van der Waals surface area contributed by atoms with Crippen molar-refractivity contribution in [3.05, 3.63) is 93.6 Å². The minimum absolute atomic E-state index is 0.0793. The zero-order chi connectivity index (χ0) is 24.2. The number of nitrogens with zero attached hydrogens (tertiary/aromatic N) is 4. The molecule has 0 saturated heterocycles. The number of aromatic nitrogens is 3. The highest BCUT2D eigenvalue weighted by atomic mass is 16.1. The molecule has 1 aromatic heterocycles. The first-order valence-electron chi connectivity index (χ1n) is 11.4. The molecule has 0 saturated carbocycles. The summed E-state index contributed by atoms with van der Waals surface area (Å²) in [5.74, 6) is 0.0793. The Morgan fingerprint density at radius 3 is 2.59 bits per heavy atom. The largest absolute Gasteiger partial charge is 0.298 e.